The maximum absolute atomic E-state index is 13.2. The second kappa shape index (κ2) is 6.23. The SMILES string of the molecule is COc1ccc(F)cc1N(C)CCC(C)C(=O)O. The Hall–Kier alpha value is -1.78. The predicted octanol–water partition coefficient (Wildman–Crippen LogP) is 2.38. The Balaban J connectivity index is 2.74. The number of halogens is 1. The molecule has 1 atom stereocenters. The molecule has 0 spiro atoms. The van der Waals surface area contributed by atoms with Crippen molar-refractivity contribution in [2.75, 3.05) is 25.6 Å². The first-order chi connectivity index (χ1) is 8.45. The molecule has 0 bridgehead atoms. The minimum Gasteiger partial charge on any atom is -0.495 e. The Labute approximate surface area is 106 Å². The summed E-state index contributed by atoms with van der Waals surface area (Å²) in [6, 6.07) is 4.27. The third-order valence-electron chi connectivity index (χ3n) is 2.87. The number of hydrogen-bond donors (Lipinski definition) is 1. The normalized spacial score (nSPS) is 12.0. The Morgan fingerprint density at radius 2 is 2.22 bits per heavy atom. The van der Waals surface area contributed by atoms with Crippen molar-refractivity contribution < 1.29 is 19.0 Å². The van der Waals surface area contributed by atoms with Crippen molar-refractivity contribution in [3.05, 3.63) is 24.0 Å². The molecule has 0 saturated carbocycles. The third kappa shape index (κ3) is 3.61. The van der Waals surface area contributed by atoms with E-state index in [1.54, 1.807) is 24.9 Å². The van der Waals surface area contributed by atoms with Crippen LogP contribution < -0.4 is 9.64 Å². The van der Waals surface area contributed by atoms with Crippen LogP contribution in [0.25, 0.3) is 0 Å². The van der Waals surface area contributed by atoms with E-state index < -0.39 is 11.9 Å². The number of aliphatic carboxylic acids is 1. The highest BCUT2D eigenvalue weighted by atomic mass is 19.1. The fourth-order valence-corrected chi connectivity index (χ4v) is 1.59. The second-order valence-electron chi connectivity index (χ2n) is 4.27. The molecule has 1 rings (SSSR count). The summed E-state index contributed by atoms with van der Waals surface area (Å²) in [6.07, 6.45) is 0.492. The number of carboxylic acids is 1. The summed E-state index contributed by atoms with van der Waals surface area (Å²) in [5, 5.41) is 8.81. The van der Waals surface area contributed by atoms with Crippen LogP contribution in [0.4, 0.5) is 10.1 Å². The average molecular weight is 255 g/mol. The lowest BCUT2D eigenvalue weighted by Gasteiger charge is -2.22. The fourth-order valence-electron chi connectivity index (χ4n) is 1.59. The van der Waals surface area contributed by atoms with Gasteiger partial charge in [0.1, 0.15) is 11.6 Å². The van der Waals surface area contributed by atoms with E-state index in [4.69, 9.17) is 9.84 Å². The minimum absolute atomic E-state index is 0.344. The van der Waals surface area contributed by atoms with E-state index in [1.165, 1.54) is 19.2 Å². The van der Waals surface area contributed by atoms with Crippen molar-refractivity contribution in [3.63, 3.8) is 0 Å². The van der Waals surface area contributed by atoms with Crippen LogP contribution in [0.5, 0.6) is 5.75 Å². The molecule has 1 aromatic rings. The van der Waals surface area contributed by atoms with Crippen LogP contribution >= 0.6 is 0 Å². The molecular weight excluding hydrogens is 237 g/mol. The zero-order valence-corrected chi connectivity index (χ0v) is 10.8. The van der Waals surface area contributed by atoms with Crippen molar-refractivity contribution in [3.8, 4) is 5.75 Å². The van der Waals surface area contributed by atoms with Gasteiger partial charge in [-0.3, -0.25) is 4.79 Å². The van der Waals surface area contributed by atoms with Crippen molar-refractivity contribution in [2.45, 2.75) is 13.3 Å². The second-order valence-corrected chi connectivity index (χ2v) is 4.27. The number of carbonyl (C=O) groups is 1. The van der Waals surface area contributed by atoms with Crippen LogP contribution in [0.3, 0.4) is 0 Å². The molecule has 1 unspecified atom stereocenters. The molecule has 1 N–H and O–H groups in total. The fraction of sp³-hybridized carbons (Fsp3) is 0.462. The van der Waals surface area contributed by atoms with Gasteiger partial charge in [0.15, 0.2) is 0 Å². The van der Waals surface area contributed by atoms with Crippen molar-refractivity contribution >= 4 is 11.7 Å². The Bertz CT molecular complexity index is 423. The van der Waals surface area contributed by atoms with Crippen molar-refractivity contribution in [2.24, 2.45) is 5.92 Å². The average Bonchev–Trinajstić information content (AvgIpc) is 2.35. The standard InChI is InChI=1S/C13H18FNO3/c1-9(13(16)17)6-7-15(2)11-8-10(14)4-5-12(11)18-3/h4-5,8-9H,6-7H2,1-3H3,(H,16,17). The first kappa shape index (κ1) is 14.3. The van der Waals surface area contributed by atoms with Crippen LogP contribution in [0.15, 0.2) is 18.2 Å². The summed E-state index contributed by atoms with van der Waals surface area (Å²) in [4.78, 5) is 12.5. The summed E-state index contributed by atoms with van der Waals surface area (Å²) in [7, 11) is 3.30. The van der Waals surface area contributed by atoms with Gasteiger partial charge < -0.3 is 14.7 Å². The van der Waals surface area contributed by atoms with Gasteiger partial charge in [0.25, 0.3) is 0 Å². The lowest BCUT2D eigenvalue weighted by Crippen LogP contribution is -2.23. The largest absolute Gasteiger partial charge is 0.495 e. The predicted molar refractivity (Wildman–Crippen MR) is 67.6 cm³/mol. The number of hydrogen-bond acceptors (Lipinski definition) is 3. The first-order valence-corrected chi connectivity index (χ1v) is 5.73. The summed E-state index contributed by atoms with van der Waals surface area (Å²) in [6.45, 7) is 2.17. The van der Waals surface area contributed by atoms with Gasteiger partial charge in [0.2, 0.25) is 0 Å². The van der Waals surface area contributed by atoms with Gasteiger partial charge >= 0.3 is 5.97 Å². The summed E-state index contributed by atoms with van der Waals surface area (Å²) >= 11 is 0. The molecule has 0 heterocycles. The molecule has 0 amide bonds. The molecule has 1 aromatic carbocycles. The van der Waals surface area contributed by atoms with Gasteiger partial charge in [0.05, 0.1) is 18.7 Å². The molecule has 0 fully saturated rings. The maximum Gasteiger partial charge on any atom is 0.306 e. The summed E-state index contributed by atoms with van der Waals surface area (Å²) < 4.78 is 18.3. The molecular formula is C13H18FNO3. The van der Waals surface area contributed by atoms with Crippen LogP contribution in [0, 0.1) is 11.7 Å². The monoisotopic (exact) mass is 255 g/mol. The number of ether oxygens (including phenoxy) is 1. The van der Waals surface area contributed by atoms with Crippen LogP contribution in [0.1, 0.15) is 13.3 Å². The molecule has 0 aromatic heterocycles. The number of anilines is 1. The van der Waals surface area contributed by atoms with Crippen LogP contribution in [-0.2, 0) is 4.79 Å². The zero-order chi connectivity index (χ0) is 13.7. The molecule has 0 radical (unpaired) electrons. The lowest BCUT2D eigenvalue weighted by molar-refractivity contribution is -0.141. The third-order valence-corrected chi connectivity index (χ3v) is 2.87. The van der Waals surface area contributed by atoms with Gasteiger partial charge in [-0.1, -0.05) is 6.92 Å². The number of nitrogens with zero attached hydrogens (tertiary/aromatic N) is 1. The van der Waals surface area contributed by atoms with Gasteiger partial charge in [-0.15, -0.1) is 0 Å². The minimum atomic E-state index is -0.824. The molecule has 0 aliphatic rings. The van der Waals surface area contributed by atoms with Crippen LogP contribution in [-0.4, -0.2) is 31.8 Å². The highest BCUT2D eigenvalue weighted by Crippen LogP contribution is 2.28. The number of methoxy groups -OCH3 is 1. The summed E-state index contributed by atoms with van der Waals surface area (Å²) in [5.41, 5.74) is 0.620. The first-order valence-electron chi connectivity index (χ1n) is 5.73. The Morgan fingerprint density at radius 1 is 1.56 bits per heavy atom. The Kier molecular flexibility index (Phi) is 4.95. The smallest absolute Gasteiger partial charge is 0.306 e. The van der Waals surface area contributed by atoms with Crippen molar-refractivity contribution in [1.82, 2.24) is 0 Å². The van der Waals surface area contributed by atoms with E-state index in [1.807, 2.05) is 0 Å². The van der Waals surface area contributed by atoms with Gasteiger partial charge in [-0.05, 0) is 18.6 Å². The topological polar surface area (TPSA) is 49.8 Å². The van der Waals surface area contributed by atoms with Gasteiger partial charge in [-0.25, -0.2) is 4.39 Å². The molecule has 100 valence electrons. The van der Waals surface area contributed by atoms with Gasteiger partial charge in [0, 0.05) is 19.7 Å². The van der Waals surface area contributed by atoms with E-state index in [9.17, 15) is 9.18 Å². The molecule has 4 nitrogen and oxygen atoms in total. The Morgan fingerprint density at radius 3 is 2.78 bits per heavy atom. The highest BCUT2D eigenvalue weighted by Gasteiger charge is 2.14. The molecule has 0 aliphatic carbocycles. The van der Waals surface area contributed by atoms with E-state index in [0.717, 1.165) is 0 Å². The molecule has 18 heavy (non-hydrogen) atoms. The van der Waals surface area contributed by atoms with Crippen molar-refractivity contribution in [1.29, 1.82) is 0 Å². The van der Waals surface area contributed by atoms with E-state index in [0.29, 0.717) is 24.4 Å². The van der Waals surface area contributed by atoms with Gasteiger partial charge in [-0.2, -0.15) is 0 Å². The lowest BCUT2D eigenvalue weighted by atomic mass is 10.1. The highest BCUT2D eigenvalue weighted by molar-refractivity contribution is 5.69. The number of rotatable bonds is 6. The molecule has 5 heteroatoms. The maximum atomic E-state index is 13.2. The van der Waals surface area contributed by atoms with Crippen LogP contribution in [0.2, 0.25) is 0 Å². The zero-order valence-electron chi connectivity index (χ0n) is 10.8. The number of carboxylic acid groups (broad SMARTS) is 1. The summed E-state index contributed by atoms with van der Waals surface area (Å²) in [5.74, 6) is -1.02. The number of benzene rings is 1. The molecule has 0 aliphatic heterocycles. The van der Waals surface area contributed by atoms with E-state index >= 15 is 0 Å². The quantitative estimate of drug-likeness (QED) is 0.848. The molecule has 0 saturated heterocycles. The van der Waals surface area contributed by atoms with E-state index in [-0.39, 0.29) is 5.82 Å². The van der Waals surface area contributed by atoms with E-state index in [2.05, 4.69) is 0 Å².